The van der Waals surface area contributed by atoms with Crippen molar-refractivity contribution in [3.63, 3.8) is 0 Å². The number of aryl methyl sites for hydroxylation is 1. The zero-order valence-electron chi connectivity index (χ0n) is 16.6. The summed E-state index contributed by atoms with van der Waals surface area (Å²) < 4.78 is 2.95. The molecule has 0 unspecified atom stereocenters. The predicted molar refractivity (Wildman–Crippen MR) is 123 cm³/mol. The molecule has 1 aliphatic rings. The zero-order chi connectivity index (χ0) is 22.3. The standard InChI is InChI=1S/C23H17BrClN3O3/c1-13-11-15(14(2)27(13)20-6-4-3-5-19(20)24)12-18-21(29)26-23(31)28(22(18)30)17-9-7-16(25)8-10-17/h3-12H,1-2H3,(H,26,29,31)/b18-12+. The molecule has 4 amide bonds. The van der Waals surface area contributed by atoms with E-state index in [2.05, 4.69) is 21.2 Å². The van der Waals surface area contributed by atoms with Gasteiger partial charge in [-0.05, 0) is 83.9 Å². The summed E-state index contributed by atoms with van der Waals surface area (Å²) in [4.78, 5) is 38.9. The number of carbonyl (C=O) groups excluding carboxylic acids is 3. The molecule has 31 heavy (non-hydrogen) atoms. The van der Waals surface area contributed by atoms with Gasteiger partial charge in [0, 0.05) is 20.9 Å². The third-order valence-electron chi connectivity index (χ3n) is 5.05. The highest BCUT2D eigenvalue weighted by molar-refractivity contribution is 9.10. The lowest BCUT2D eigenvalue weighted by Gasteiger charge is -2.26. The van der Waals surface area contributed by atoms with Gasteiger partial charge in [-0.3, -0.25) is 14.9 Å². The van der Waals surface area contributed by atoms with Gasteiger partial charge in [-0.25, -0.2) is 9.69 Å². The van der Waals surface area contributed by atoms with E-state index < -0.39 is 17.8 Å². The van der Waals surface area contributed by atoms with Gasteiger partial charge in [0.2, 0.25) is 0 Å². The molecule has 0 spiro atoms. The summed E-state index contributed by atoms with van der Waals surface area (Å²) in [5, 5.41) is 2.71. The normalized spacial score (nSPS) is 15.5. The van der Waals surface area contributed by atoms with E-state index in [1.165, 1.54) is 6.08 Å². The summed E-state index contributed by atoms with van der Waals surface area (Å²) >= 11 is 9.47. The summed E-state index contributed by atoms with van der Waals surface area (Å²) in [6.07, 6.45) is 1.52. The van der Waals surface area contributed by atoms with Crippen LogP contribution in [0.5, 0.6) is 0 Å². The fraction of sp³-hybridized carbons (Fsp3) is 0.0870. The monoisotopic (exact) mass is 497 g/mol. The van der Waals surface area contributed by atoms with Crippen LogP contribution in [0.15, 0.2) is 64.6 Å². The lowest BCUT2D eigenvalue weighted by Crippen LogP contribution is -2.54. The number of imide groups is 2. The number of aromatic nitrogens is 1. The Bertz CT molecular complexity index is 1260. The molecule has 0 saturated carbocycles. The average molecular weight is 499 g/mol. The molecule has 1 aromatic heterocycles. The Kier molecular flexibility index (Phi) is 5.56. The van der Waals surface area contributed by atoms with Crippen molar-refractivity contribution in [1.82, 2.24) is 9.88 Å². The lowest BCUT2D eigenvalue weighted by atomic mass is 10.1. The maximum absolute atomic E-state index is 13.1. The highest BCUT2D eigenvalue weighted by atomic mass is 79.9. The van der Waals surface area contributed by atoms with Crippen LogP contribution >= 0.6 is 27.5 Å². The maximum atomic E-state index is 13.1. The lowest BCUT2D eigenvalue weighted by molar-refractivity contribution is -0.122. The molecule has 1 N–H and O–H groups in total. The first-order valence-electron chi connectivity index (χ1n) is 9.39. The summed E-state index contributed by atoms with van der Waals surface area (Å²) in [5.74, 6) is -1.42. The number of benzene rings is 2. The van der Waals surface area contributed by atoms with Gasteiger partial charge in [-0.15, -0.1) is 0 Å². The molecule has 2 aromatic carbocycles. The minimum atomic E-state index is -0.798. The highest BCUT2D eigenvalue weighted by Gasteiger charge is 2.37. The molecule has 0 aliphatic carbocycles. The van der Waals surface area contributed by atoms with Crippen molar-refractivity contribution in [2.24, 2.45) is 0 Å². The molecule has 0 radical (unpaired) electrons. The van der Waals surface area contributed by atoms with Crippen LogP contribution in [-0.2, 0) is 9.59 Å². The summed E-state index contributed by atoms with van der Waals surface area (Å²) in [5.41, 5.74) is 3.64. The molecule has 8 heteroatoms. The number of rotatable bonds is 3. The van der Waals surface area contributed by atoms with E-state index in [1.807, 2.05) is 48.7 Å². The van der Waals surface area contributed by atoms with Gasteiger partial charge in [0.25, 0.3) is 11.8 Å². The van der Waals surface area contributed by atoms with Crippen LogP contribution in [-0.4, -0.2) is 22.4 Å². The fourth-order valence-corrected chi connectivity index (χ4v) is 4.16. The van der Waals surface area contributed by atoms with Crippen molar-refractivity contribution < 1.29 is 14.4 Å². The minimum Gasteiger partial charge on any atom is -0.317 e. The number of halogens is 2. The quantitative estimate of drug-likeness (QED) is 0.400. The van der Waals surface area contributed by atoms with Crippen molar-refractivity contribution >= 4 is 57.1 Å². The number of nitrogens with one attached hydrogen (secondary N) is 1. The maximum Gasteiger partial charge on any atom is 0.335 e. The van der Waals surface area contributed by atoms with Gasteiger partial charge >= 0.3 is 6.03 Å². The number of anilines is 1. The molecule has 2 heterocycles. The van der Waals surface area contributed by atoms with E-state index >= 15 is 0 Å². The Balaban J connectivity index is 1.77. The van der Waals surface area contributed by atoms with Crippen LogP contribution < -0.4 is 10.2 Å². The number of hydrogen-bond acceptors (Lipinski definition) is 3. The van der Waals surface area contributed by atoms with Crippen LogP contribution in [0, 0.1) is 13.8 Å². The van der Waals surface area contributed by atoms with E-state index in [4.69, 9.17) is 11.6 Å². The number of amides is 4. The molecular formula is C23H17BrClN3O3. The third-order valence-corrected chi connectivity index (χ3v) is 5.97. The van der Waals surface area contributed by atoms with Crippen molar-refractivity contribution in [2.45, 2.75) is 13.8 Å². The number of hydrogen-bond donors (Lipinski definition) is 1. The van der Waals surface area contributed by atoms with Crippen LogP contribution in [0.1, 0.15) is 17.0 Å². The van der Waals surface area contributed by atoms with E-state index in [9.17, 15) is 14.4 Å². The number of barbiturate groups is 1. The smallest absolute Gasteiger partial charge is 0.317 e. The summed E-state index contributed by atoms with van der Waals surface area (Å²) in [7, 11) is 0. The SMILES string of the molecule is Cc1cc(/C=C2\C(=O)NC(=O)N(c3ccc(Cl)cc3)C2=O)c(C)n1-c1ccccc1Br. The average Bonchev–Trinajstić information content (AvgIpc) is 3.00. The number of para-hydroxylation sites is 1. The van der Waals surface area contributed by atoms with Crippen molar-refractivity contribution in [1.29, 1.82) is 0 Å². The van der Waals surface area contributed by atoms with Crippen LogP contribution in [0.25, 0.3) is 11.8 Å². The van der Waals surface area contributed by atoms with Crippen LogP contribution in [0.4, 0.5) is 10.5 Å². The first-order chi connectivity index (χ1) is 14.8. The predicted octanol–water partition coefficient (Wildman–Crippen LogP) is 5.18. The number of urea groups is 1. The van der Waals surface area contributed by atoms with Crippen LogP contribution in [0.2, 0.25) is 5.02 Å². The highest BCUT2D eigenvalue weighted by Crippen LogP contribution is 2.29. The summed E-state index contributed by atoms with van der Waals surface area (Å²) in [6, 6.07) is 15.1. The Hall–Kier alpha value is -3.16. The van der Waals surface area contributed by atoms with Crippen molar-refractivity contribution in [3.05, 3.63) is 86.6 Å². The van der Waals surface area contributed by atoms with E-state index in [1.54, 1.807) is 24.3 Å². The Morgan fingerprint density at radius 3 is 2.35 bits per heavy atom. The van der Waals surface area contributed by atoms with Gasteiger partial charge in [-0.2, -0.15) is 0 Å². The molecule has 4 rings (SSSR count). The van der Waals surface area contributed by atoms with E-state index in [0.717, 1.165) is 26.4 Å². The molecule has 1 aliphatic heterocycles. The van der Waals surface area contributed by atoms with Gasteiger partial charge in [0.05, 0.1) is 11.4 Å². The molecule has 156 valence electrons. The zero-order valence-corrected chi connectivity index (χ0v) is 19.0. The summed E-state index contributed by atoms with van der Waals surface area (Å²) in [6.45, 7) is 3.85. The fourth-order valence-electron chi connectivity index (χ4n) is 3.58. The number of nitrogens with zero attached hydrogens (tertiary/aromatic N) is 2. The molecule has 0 atom stereocenters. The van der Waals surface area contributed by atoms with Crippen molar-refractivity contribution in [2.75, 3.05) is 4.90 Å². The molecule has 1 fully saturated rings. The second-order valence-electron chi connectivity index (χ2n) is 7.05. The van der Waals surface area contributed by atoms with Gasteiger partial charge < -0.3 is 4.57 Å². The number of carbonyl (C=O) groups is 3. The third kappa shape index (κ3) is 3.82. The Labute approximate surface area is 192 Å². The molecular weight excluding hydrogens is 482 g/mol. The topological polar surface area (TPSA) is 71.4 Å². The van der Waals surface area contributed by atoms with E-state index in [0.29, 0.717) is 16.3 Å². The van der Waals surface area contributed by atoms with E-state index in [-0.39, 0.29) is 5.57 Å². The minimum absolute atomic E-state index is 0.123. The first-order valence-corrected chi connectivity index (χ1v) is 10.6. The Morgan fingerprint density at radius 1 is 1.00 bits per heavy atom. The van der Waals surface area contributed by atoms with Crippen LogP contribution in [0.3, 0.4) is 0 Å². The molecule has 3 aromatic rings. The molecule has 1 saturated heterocycles. The van der Waals surface area contributed by atoms with Gasteiger partial charge in [0.15, 0.2) is 0 Å². The first kappa shape index (κ1) is 21.1. The van der Waals surface area contributed by atoms with Gasteiger partial charge in [-0.1, -0.05) is 23.7 Å². The Morgan fingerprint density at radius 2 is 1.68 bits per heavy atom. The molecule has 0 bridgehead atoms. The van der Waals surface area contributed by atoms with Crippen molar-refractivity contribution in [3.8, 4) is 5.69 Å². The van der Waals surface area contributed by atoms with Gasteiger partial charge in [0.1, 0.15) is 5.57 Å². The second kappa shape index (κ2) is 8.17. The second-order valence-corrected chi connectivity index (χ2v) is 8.34. The molecule has 6 nitrogen and oxygen atoms in total. The largest absolute Gasteiger partial charge is 0.335 e.